The SMILES string of the molecule is O=C(CCCCc1ccn[nH]1)Cc1sc2c(c1-c1nc3cnccc3s1)CCNC2.[HH].[HH]. The molecule has 6 nitrogen and oxygen atoms in total. The minimum atomic E-state index is 0. The van der Waals surface area contributed by atoms with Crippen LogP contribution in [0.4, 0.5) is 0 Å². The molecule has 4 aromatic rings. The third-order valence-corrected chi connectivity index (χ3v) is 7.76. The lowest BCUT2D eigenvalue weighted by Crippen LogP contribution is -2.22. The third-order valence-electron chi connectivity index (χ3n) is 5.47. The molecule has 2 N–H and O–H groups in total. The summed E-state index contributed by atoms with van der Waals surface area (Å²) in [5, 5.41) is 11.4. The molecule has 0 aliphatic carbocycles. The summed E-state index contributed by atoms with van der Waals surface area (Å²) >= 11 is 3.49. The van der Waals surface area contributed by atoms with Crippen molar-refractivity contribution in [3.63, 3.8) is 0 Å². The Balaban J connectivity index is 0.00000144. The van der Waals surface area contributed by atoms with Crippen molar-refractivity contribution in [1.29, 1.82) is 0 Å². The molecule has 0 saturated carbocycles. The minimum absolute atomic E-state index is 0. The van der Waals surface area contributed by atoms with Gasteiger partial charge in [0.25, 0.3) is 0 Å². The Bertz CT molecular complexity index is 1140. The number of fused-ring (bicyclic) bond motifs is 2. The van der Waals surface area contributed by atoms with Gasteiger partial charge < -0.3 is 5.32 Å². The molecule has 0 spiro atoms. The highest BCUT2D eigenvalue weighted by atomic mass is 32.1. The lowest BCUT2D eigenvalue weighted by molar-refractivity contribution is -0.118. The van der Waals surface area contributed by atoms with Crippen LogP contribution < -0.4 is 5.32 Å². The van der Waals surface area contributed by atoms with Crippen molar-refractivity contribution in [3.05, 3.63) is 51.7 Å². The van der Waals surface area contributed by atoms with Gasteiger partial charge >= 0.3 is 0 Å². The van der Waals surface area contributed by atoms with Gasteiger partial charge in [-0.05, 0) is 49.9 Å². The molecule has 30 heavy (non-hydrogen) atoms. The van der Waals surface area contributed by atoms with Crippen LogP contribution in [0.2, 0.25) is 0 Å². The maximum Gasteiger partial charge on any atom is 0.138 e. The Morgan fingerprint density at radius 3 is 3.03 bits per heavy atom. The molecule has 4 aromatic heterocycles. The third kappa shape index (κ3) is 4.08. The summed E-state index contributed by atoms with van der Waals surface area (Å²) in [5.74, 6) is 0.315. The molecule has 0 aromatic carbocycles. The summed E-state index contributed by atoms with van der Waals surface area (Å²) in [6.45, 7) is 1.86. The van der Waals surface area contributed by atoms with Crippen molar-refractivity contribution in [3.8, 4) is 10.6 Å². The highest BCUT2D eigenvalue weighted by molar-refractivity contribution is 7.22. The highest BCUT2D eigenvalue weighted by Gasteiger charge is 2.25. The number of hydrogen-bond donors (Lipinski definition) is 2. The first-order valence-electron chi connectivity index (χ1n) is 10.3. The van der Waals surface area contributed by atoms with E-state index in [4.69, 9.17) is 4.98 Å². The molecule has 0 saturated heterocycles. The maximum atomic E-state index is 12.8. The van der Waals surface area contributed by atoms with E-state index in [-0.39, 0.29) is 2.85 Å². The maximum absolute atomic E-state index is 12.8. The number of nitrogens with zero attached hydrogens (tertiary/aromatic N) is 3. The first-order valence-corrected chi connectivity index (χ1v) is 12.0. The Morgan fingerprint density at radius 1 is 1.20 bits per heavy atom. The van der Waals surface area contributed by atoms with E-state index in [1.165, 1.54) is 20.9 Å². The van der Waals surface area contributed by atoms with E-state index < -0.39 is 0 Å². The Hall–Kier alpha value is -2.42. The van der Waals surface area contributed by atoms with Crippen LogP contribution in [0.15, 0.2) is 30.7 Å². The van der Waals surface area contributed by atoms with Crippen LogP contribution in [0.5, 0.6) is 0 Å². The Kier molecular flexibility index (Phi) is 5.70. The van der Waals surface area contributed by atoms with Crippen LogP contribution in [0.25, 0.3) is 20.8 Å². The summed E-state index contributed by atoms with van der Waals surface area (Å²) in [5.41, 5.74) is 4.66. The van der Waals surface area contributed by atoms with Crippen LogP contribution >= 0.6 is 22.7 Å². The zero-order valence-corrected chi connectivity index (χ0v) is 18.2. The number of aryl methyl sites for hydroxylation is 1. The molecule has 0 amide bonds. The first kappa shape index (κ1) is 19.5. The second-order valence-corrected chi connectivity index (χ2v) is 9.82. The molecule has 5 rings (SSSR count). The topological polar surface area (TPSA) is 83.6 Å². The van der Waals surface area contributed by atoms with Crippen molar-refractivity contribution < 1.29 is 7.65 Å². The lowest BCUT2D eigenvalue weighted by Gasteiger charge is -2.13. The number of thiophene rings is 1. The number of thiazole rings is 1. The van der Waals surface area contributed by atoms with Crippen LogP contribution in [0, 0.1) is 0 Å². The van der Waals surface area contributed by atoms with Crippen LogP contribution in [0.1, 0.15) is 43.1 Å². The van der Waals surface area contributed by atoms with Crippen molar-refractivity contribution in [2.24, 2.45) is 0 Å². The van der Waals surface area contributed by atoms with Gasteiger partial charge in [0.05, 0.1) is 10.9 Å². The van der Waals surface area contributed by atoms with E-state index >= 15 is 0 Å². The molecule has 0 unspecified atom stereocenters. The minimum Gasteiger partial charge on any atom is -0.312 e. The van der Waals surface area contributed by atoms with E-state index in [1.54, 1.807) is 28.9 Å². The van der Waals surface area contributed by atoms with E-state index in [1.807, 2.05) is 24.5 Å². The summed E-state index contributed by atoms with van der Waals surface area (Å²) in [4.78, 5) is 24.4. The number of ketones is 1. The number of nitrogens with one attached hydrogen (secondary N) is 2. The smallest absolute Gasteiger partial charge is 0.138 e. The van der Waals surface area contributed by atoms with Gasteiger partial charge in [-0.1, -0.05) is 0 Å². The Labute approximate surface area is 185 Å². The van der Waals surface area contributed by atoms with Crippen LogP contribution in [0.3, 0.4) is 0 Å². The summed E-state index contributed by atoms with van der Waals surface area (Å²) in [6, 6.07) is 4.01. The fraction of sp³-hybridized carbons (Fsp3) is 0.364. The number of carbonyl (C=O) groups excluding carboxylic acids is 1. The zero-order valence-electron chi connectivity index (χ0n) is 16.6. The molecule has 0 fully saturated rings. The molecule has 5 heterocycles. The van der Waals surface area contributed by atoms with Crippen molar-refractivity contribution in [2.45, 2.75) is 45.1 Å². The van der Waals surface area contributed by atoms with Crippen LogP contribution in [-0.4, -0.2) is 32.5 Å². The van der Waals surface area contributed by atoms with Crippen molar-refractivity contribution in [2.75, 3.05) is 6.54 Å². The van der Waals surface area contributed by atoms with Gasteiger partial charge in [-0.2, -0.15) is 5.10 Å². The zero-order chi connectivity index (χ0) is 20.3. The van der Waals surface area contributed by atoms with Gasteiger partial charge in [-0.25, -0.2) is 4.98 Å². The average molecular weight is 442 g/mol. The second kappa shape index (κ2) is 8.75. The van der Waals surface area contributed by atoms with Crippen molar-refractivity contribution >= 4 is 38.7 Å². The van der Waals surface area contributed by atoms with E-state index in [0.29, 0.717) is 18.6 Å². The van der Waals surface area contributed by atoms with Crippen LogP contribution in [-0.2, 0) is 30.6 Å². The molecule has 158 valence electrons. The fourth-order valence-electron chi connectivity index (χ4n) is 3.98. The number of Topliss-reactive ketones (excluding diaryl/α,β-unsaturated/α-hetero) is 1. The number of hydrogen-bond acceptors (Lipinski definition) is 7. The first-order chi connectivity index (χ1) is 14.8. The predicted octanol–water partition coefficient (Wildman–Crippen LogP) is 4.81. The summed E-state index contributed by atoms with van der Waals surface area (Å²) in [7, 11) is 0. The standard InChI is InChI=1S/C22H23N5OS2.2H2/c28-15(4-2-1-3-14-5-10-25-27-14)11-19-21(16-6-8-24-13-20(16)29-19)22-26-17-12-23-9-7-18(17)30-22;;/h5,7,9-10,12,24H,1-4,6,8,11,13H2,(H,25,27);2*1H. The number of aromatic amines is 1. The number of aromatic nitrogens is 4. The molecule has 0 radical (unpaired) electrons. The highest BCUT2D eigenvalue weighted by Crippen LogP contribution is 2.41. The van der Waals surface area contributed by atoms with Gasteiger partial charge in [0.15, 0.2) is 0 Å². The van der Waals surface area contributed by atoms with E-state index in [0.717, 1.165) is 59.7 Å². The largest absolute Gasteiger partial charge is 0.312 e. The number of unbranched alkanes of at least 4 members (excludes halogenated alkanes) is 1. The second-order valence-electron chi connectivity index (χ2n) is 7.60. The number of pyridine rings is 1. The molecular weight excluding hydrogens is 414 g/mol. The number of rotatable bonds is 8. The molecule has 0 bridgehead atoms. The van der Waals surface area contributed by atoms with E-state index in [2.05, 4.69) is 20.5 Å². The Morgan fingerprint density at radius 2 is 2.17 bits per heavy atom. The summed E-state index contributed by atoms with van der Waals surface area (Å²) < 4.78 is 1.14. The number of carbonyl (C=O) groups is 1. The van der Waals surface area contributed by atoms with Gasteiger partial charge in [0, 0.05) is 55.6 Å². The van der Waals surface area contributed by atoms with E-state index in [9.17, 15) is 4.79 Å². The average Bonchev–Trinajstić information content (AvgIpc) is 3.48. The van der Waals surface area contributed by atoms with Crippen molar-refractivity contribution in [1.82, 2.24) is 25.5 Å². The van der Waals surface area contributed by atoms with Gasteiger partial charge in [-0.3, -0.25) is 14.9 Å². The van der Waals surface area contributed by atoms with Gasteiger partial charge in [0.1, 0.15) is 16.3 Å². The van der Waals surface area contributed by atoms with Gasteiger partial charge in [-0.15, -0.1) is 22.7 Å². The molecule has 1 aliphatic heterocycles. The summed E-state index contributed by atoms with van der Waals surface area (Å²) in [6.07, 6.45) is 10.4. The quantitative estimate of drug-likeness (QED) is 0.384. The monoisotopic (exact) mass is 441 g/mol. The number of H-pyrrole nitrogens is 1. The fourth-order valence-corrected chi connectivity index (χ4v) is 6.43. The predicted molar refractivity (Wildman–Crippen MR) is 125 cm³/mol. The normalized spacial score (nSPS) is 13.6. The molecule has 1 aliphatic rings. The molecular formula is C22H27N5OS2. The van der Waals surface area contributed by atoms with Gasteiger partial charge in [0.2, 0.25) is 0 Å². The molecule has 0 atom stereocenters. The molecule has 8 heteroatoms. The lowest BCUT2D eigenvalue weighted by atomic mass is 10.00.